The maximum atomic E-state index is 13.8. The molecule has 1 aromatic carbocycles. The number of aromatic nitrogens is 3. The summed E-state index contributed by atoms with van der Waals surface area (Å²) in [5.74, 6) is -0.773. The van der Waals surface area contributed by atoms with E-state index < -0.39 is 23.9 Å². The number of aryl methyl sites for hydroxylation is 2. The van der Waals surface area contributed by atoms with Gasteiger partial charge in [-0.25, -0.2) is 0 Å². The molecule has 4 bridgehead atoms. The number of rotatable bonds is 6. The molecule has 0 radical (unpaired) electrons. The summed E-state index contributed by atoms with van der Waals surface area (Å²) < 4.78 is 6.08. The van der Waals surface area contributed by atoms with Crippen LogP contribution >= 0.6 is 11.3 Å². The number of pyridine rings is 1. The van der Waals surface area contributed by atoms with Gasteiger partial charge < -0.3 is 31.3 Å². The number of hydrogen-bond acceptors (Lipinski definition) is 10. The fourth-order valence-electron chi connectivity index (χ4n) is 5.74. The molecule has 0 aliphatic carbocycles. The quantitative estimate of drug-likeness (QED) is 0.309. The lowest BCUT2D eigenvalue weighted by molar-refractivity contribution is -0.138. The maximum absolute atomic E-state index is 13.8. The number of nitrogen functional groups attached to an aromatic ring is 1. The molecular weight excluding hydrogens is 608 g/mol. The molecule has 5 rings (SSSR count). The number of ether oxygens (including phenoxy) is 1. The van der Waals surface area contributed by atoms with E-state index in [1.165, 1.54) is 0 Å². The Morgan fingerprint density at radius 1 is 1.13 bits per heavy atom. The first-order chi connectivity index (χ1) is 22.2. The minimum atomic E-state index is -1.21. The van der Waals surface area contributed by atoms with Crippen LogP contribution < -0.4 is 26.4 Å². The van der Waals surface area contributed by atoms with Crippen LogP contribution in [0.5, 0.6) is 5.75 Å². The van der Waals surface area contributed by atoms with E-state index in [0.717, 1.165) is 53.0 Å². The van der Waals surface area contributed by atoms with Crippen LogP contribution in [-0.2, 0) is 38.6 Å². The molecule has 2 aliphatic rings. The molecule has 3 atom stereocenters. The van der Waals surface area contributed by atoms with Crippen LogP contribution in [0.25, 0.3) is 0 Å². The van der Waals surface area contributed by atoms with Crippen LogP contribution in [0.1, 0.15) is 53.8 Å². The van der Waals surface area contributed by atoms with Gasteiger partial charge in [-0.3, -0.25) is 24.2 Å². The number of hydrogen-bond donors (Lipinski definition) is 4. The lowest BCUT2D eigenvalue weighted by Crippen LogP contribution is -2.55. The van der Waals surface area contributed by atoms with Crippen molar-refractivity contribution in [3.63, 3.8) is 0 Å². The molecule has 2 aromatic heterocycles. The zero-order valence-corrected chi connectivity index (χ0v) is 26.7. The average Bonchev–Trinajstić information content (AvgIpc) is 3.46. The van der Waals surface area contributed by atoms with Gasteiger partial charge in [-0.2, -0.15) is 0 Å². The maximum Gasteiger partial charge on any atom is 0.243 e. The van der Waals surface area contributed by atoms with Crippen LogP contribution in [0, 0.1) is 12.8 Å². The number of nitrogens with zero attached hydrogens (tertiary/aromatic N) is 4. The molecule has 1 saturated heterocycles. The molecule has 244 valence electrons. The summed E-state index contributed by atoms with van der Waals surface area (Å²) in [6.07, 6.45) is 6.31. The zero-order chi connectivity index (χ0) is 32.5. The Kier molecular flexibility index (Phi) is 11.1. The highest BCUT2D eigenvalue weighted by Crippen LogP contribution is 2.23. The Labute approximate surface area is 271 Å². The van der Waals surface area contributed by atoms with E-state index in [9.17, 15) is 19.2 Å². The van der Waals surface area contributed by atoms with Crippen molar-refractivity contribution >= 4 is 40.1 Å². The molecule has 0 spiro atoms. The molecule has 0 saturated carbocycles. The van der Waals surface area contributed by atoms with Crippen LogP contribution in [0.3, 0.4) is 0 Å². The molecule has 1 fully saturated rings. The van der Waals surface area contributed by atoms with Gasteiger partial charge in [-0.1, -0.05) is 17.4 Å². The van der Waals surface area contributed by atoms with Crippen molar-refractivity contribution in [2.45, 2.75) is 70.5 Å². The number of carbonyl (C=O) groups is 4. The van der Waals surface area contributed by atoms with Crippen LogP contribution in [0.15, 0.2) is 42.7 Å². The Bertz CT molecular complexity index is 1530. The molecular formula is C32H40N8O5S. The van der Waals surface area contributed by atoms with Crippen LogP contribution in [0.2, 0.25) is 0 Å². The number of fused-ring (bicyclic) bond motifs is 4. The number of carbonyl (C=O) groups excluding carboxylic acids is 4. The van der Waals surface area contributed by atoms with Crippen molar-refractivity contribution in [2.24, 2.45) is 5.92 Å². The number of piperidine rings is 1. The summed E-state index contributed by atoms with van der Waals surface area (Å²) in [5.41, 5.74) is 8.52. The van der Waals surface area contributed by atoms with E-state index in [0.29, 0.717) is 31.1 Å². The Morgan fingerprint density at radius 3 is 2.74 bits per heavy atom. The number of benzene rings is 1. The van der Waals surface area contributed by atoms with Gasteiger partial charge in [0.1, 0.15) is 22.8 Å². The highest BCUT2D eigenvalue weighted by atomic mass is 32.1. The summed E-state index contributed by atoms with van der Waals surface area (Å²) in [7, 11) is 0. The van der Waals surface area contributed by atoms with Gasteiger partial charge in [0.15, 0.2) is 0 Å². The number of nitrogens with two attached hydrogens (primary N) is 1. The van der Waals surface area contributed by atoms with Gasteiger partial charge in [0.2, 0.25) is 28.8 Å². The van der Waals surface area contributed by atoms with E-state index in [1.54, 1.807) is 17.3 Å². The minimum Gasteiger partial charge on any atom is -0.494 e. The van der Waals surface area contributed by atoms with Crippen molar-refractivity contribution in [1.29, 1.82) is 0 Å². The lowest BCUT2D eigenvalue weighted by Gasteiger charge is -2.34. The van der Waals surface area contributed by atoms with E-state index in [-0.39, 0.29) is 48.7 Å². The molecule has 2 aliphatic heterocycles. The lowest BCUT2D eigenvalue weighted by atomic mass is 9.94. The van der Waals surface area contributed by atoms with Crippen LogP contribution in [0.4, 0.5) is 5.13 Å². The van der Waals surface area contributed by atoms with Crippen molar-refractivity contribution < 1.29 is 23.9 Å². The van der Waals surface area contributed by atoms with Gasteiger partial charge >= 0.3 is 0 Å². The molecule has 14 heteroatoms. The van der Waals surface area contributed by atoms with Crippen molar-refractivity contribution in [1.82, 2.24) is 36.0 Å². The van der Waals surface area contributed by atoms with Gasteiger partial charge in [0.25, 0.3) is 0 Å². The summed E-state index contributed by atoms with van der Waals surface area (Å²) in [6.45, 7) is 3.82. The Morgan fingerprint density at radius 2 is 1.96 bits per heavy atom. The second kappa shape index (κ2) is 15.6. The summed E-state index contributed by atoms with van der Waals surface area (Å²) >= 11 is 1.07. The molecule has 3 aromatic rings. The fraction of sp³-hybridized carbons (Fsp3) is 0.469. The molecule has 5 N–H and O–H groups in total. The van der Waals surface area contributed by atoms with Crippen molar-refractivity contribution in [3.05, 3.63) is 64.4 Å². The third-order valence-corrected chi connectivity index (χ3v) is 9.12. The summed E-state index contributed by atoms with van der Waals surface area (Å²) in [4.78, 5) is 59.8. The first-order valence-electron chi connectivity index (χ1n) is 15.6. The predicted octanol–water partition coefficient (Wildman–Crippen LogP) is 1.70. The van der Waals surface area contributed by atoms with Gasteiger partial charge in [0, 0.05) is 32.0 Å². The minimum absolute atomic E-state index is 0.150. The SMILES string of the molecule is Cc1ccc2cc1CNC(=O)C(CCc1ccncc1)NC(=O)[C@@H](NC(=O)Cc1nnc(N)s1)CC(=O)N1CCCC(CCO2)C1. The zero-order valence-electron chi connectivity index (χ0n) is 25.9. The Balaban J connectivity index is 1.40. The van der Waals surface area contributed by atoms with E-state index in [4.69, 9.17) is 10.5 Å². The molecule has 13 nitrogen and oxygen atoms in total. The molecule has 2 unspecified atom stereocenters. The first-order valence-corrected chi connectivity index (χ1v) is 16.4. The summed E-state index contributed by atoms with van der Waals surface area (Å²) in [6, 6.07) is 7.37. The van der Waals surface area contributed by atoms with Crippen molar-refractivity contribution in [3.8, 4) is 5.75 Å². The number of anilines is 1. The van der Waals surface area contributed by atoms with Gasteiger partial charge in [-0.15, -0.1) is 10.2 Å². The smallest absolute Gasteiger partial charge is 0.243 e. The summed E-state index contributed by atoms with van der Waals surface area (Å²) in [5, 5.41) is 16.8. The highest BCUT2D eigenvalue weighted by Gasteiger charge is 2.32. The second-order valence-corrected chi connectivity index (χ2v) is 12.9. The van der Waals surface area contributed by atoms with E-state index in [2.05, 4.69) is 31.1 Å². The predicted molar refractivity (Wildman–Crippen MR) is 172 cm³/mol. The monoisotopic (exact) mass is 648 g/mol. The number of nitrogens with one attached hydrogen (secondary N) is 3. The second-order valence-electron chi connectivity index (χ2n) is 11.8. The highest BCUT2D eigenvalue weighted by molar-refractivity contribution is 7.15. The topological polar surface area (TPSA) is 182 Å². The number of amides is 4. The van der Waals surface area contributed by atoms with Crippen LogP contribution in [-0.4, -0.2) is 75.5 Å². The molecule has 46 heavy (non-hydrogen) atoms. The Hall–Kier alpha value is -4.59. The van der Waals surface area contributed by atoms with E-state index >= 15 is 0 Å². The molecule has 4 heterocycles. The molecule has 4 amide bonds. The van der Waals surface area contributed by atoms with E-state index in [1.807, 2.05) is 37.3 Å². The fourth-order valence-corrected chi connectivity index (χ4v) is 6.35. The standard InChI is InChI=1S/C32H40N8O5S/c1-20-4-6-24-15-23(20)18-35-30(43)25(7-5-21-8-11-34-12-9-21)37-31(44)26(36-27(41)17-28-38-39-32(33)46-28)16-29(42)40-13-2-3-22(19-40)10-14-45-24/h4,6,8-9,11-12,15,22,25-26H,2-3,5,7,10,13-14,16-19H2,1H3,(H2,33,39)(H,35,43)(H,36,41)(H,37,44)/t22?,25?,26-/m0/s1. The largest absolute Gasteiger partial charge is 0.494 e. The third kappa shape index (κ3) is 9.22. The third-order valence-electron chi connectivity index (χ3n) is 8.37. The average molecular weight is 649 g/mol. The van der Waals surface area contributed by atoms with Gasteiger partial charge in [-0.05, 0) is 85.9 Å². The van der Waals surface area contributed by atoms with Gasteiger partial charge in [0.05, 0.1) is 19.4 Å². The first kappa shape index (κ1) is 32.8. The van der Waals surface area contributed by atoms with Crippen molar-refractivity contribution in [2.75, 3.05) is 25.4 Å². The normalized spacial score (nSPS) is 21.3.